The lowest BCUT2D eigenvalue weighted by Crippen LogP contribution is -1.92. The molecule has 0 amide bonds. The molecule has 0 saturated heterocycles. The van der Waals surface area contributed by atoms with Gasteiger partial charge in [0.05, 0.1) is 5.69 Å². The molecule has 0 fully saturated rings. The highest BCUT2D eigenvalue weighted by Gasteiger charge is 2.05. The summed E-state index contributed by atoms with van der Waals surface area (Å²) >= 11 is 11.0. The number of hydrogen-bond acceptors (Lipinski definition) is 3. The summed E-state index contributed by atoms with van der Waals surface area (Å²) in [5, 5.41) is 1.60. The van der Waals surface area contributed by atoms with Gasteiger partial charge in [-0.3, -0.25) is 0 Å². The molecule has 0 radical (unpaired) electrons. The van der Waals surface area contributed by atoms with Crippen LogP contribution in [-0.4, -0.2) is 4.98 Å². The van der Waals surface area contributed by atoms with Gasteiger partial charge in [-0.1, -0.05) is 41.6 Å². The molecule has 0 atom stereocenters. The summed E-state index contributed by atoms with van der Waals surface area (Å²) in [5.74, 6) is 0.762. The van der Waals surface area contributed by atoms with Crippen molar-refractivity contribution in [2.75, 3.05) is 5.73 Å². The largest absolute Gasteiger partial charge is 0.397 e. The molecule has 0 aliphatic rings. The first-order valence-corrected chi connectivity index (χ1v) is 7.09. The van der Waals surface area contributed by atoms with E-state index in [1.54, 1.807) is 18.0 Å². The summed E-state index contributed by atoms with van der Waals surface area (Å²) in [6.07, 6.45) is 1.74. The van der Waals surface area contributed by atoms with E-state index in [2.05, 4.69) is 20.9 Å². The molecule has 0 saturated carbocycles. The van der Waals surface area contributed by atoms with Crippen LogP contribution in [0.25, 0.3) is 0 Å². The number of halogens is 2. The van der Waals surface area contributed by atoms with Crippen LogP contribution in [0.2, 0.25) is 5.02 Å². The van der Waals surface area contributed by atoms with E-state index < -0.39 is 0 Å². The van der Waals surface area contributed by atoms with Gasteiger partial charge in [-0.15, -0.1) is 0 Å². The third-order valence-corrected chi connectivity index (χ3v) is 4.04. The van der Waals surface area contributed by atoms with Gasteiger partial charge in [-0.25, -0.2) is 4.98 Å². The third kappa shape index (κ3) is 3.37. The Morgan fingerprint density at radius 1 is 1.35 bits per heavy atom. The summed E-state index contributed by atoms with van der Waals surface area (Å²) in [5.41, 5.74) is 7.64. The zero-order valence-electron chi connectivity index (χ0n) is 8.86. The van der Waals surface area contributed by atoms with Crippen LogP contribution in [-0.2, 0) is 5.75 Å². The van der Waals surface area contributed by atoms with Gasteiger partial charge in [0, 0.05) is 21.4 Å². The van der Waals surface area contributed by atoms with Crippen LogP contribution >= 0.6 is 39.3 Å². The Balaban J connectivity index is 2.10. The number of rotatable bonds is 3. The Morgan fingerprint density at radius 2 is 2.12 bits per heavy atom. The molecule has 0 aliphatic carbocycles. The molecule has 0 bridgehead atoms. The number of nitrogen functional groups attached to an aromatic ring is 1. The summed E-state index contributed by atoms with van der Waals surface area (Å²) in [4.78, 5) is 4.27. The summed E-state index contributed by atoms with van der Waals surface area (Å²) in [6.45, 7) is 0. The van der Waals surface area contributed by atoms with Gasteiger partial charge in [0.15, 0.2) is 0 Å². The summed E-state index contributed by atoms with van der Waals surface area (Å²) < 4.78 is 0.886. The van der Waals surface area contributed by atoms with Crippen molar-refractivity contribution >= 4 is 45.0 Å². The Labute approximate surface area is 118 Å². The molecule has 5 heteroatoms. The SMILES string of the molecule is Nc1cc(Br)cnc1SCc1ccccc1Cl. The fourth-order valence-corrected chi connectivity index (χ4v) is 2.85. The molecule has 0 aliphatic heterocycles. The molecule has 2 rings (SSSR count). The zero-order chi connectivity index (χ0) is 12.3. The van der Waals surface area contributed by atoms with Crippen molar-refractivity contribution < 1.29 is 0 Å². The molecule has 1 aromatic heterocycles. The van der Waals surface area contributed by atoms with Crippen molar-refractivity contribution in [1.82, 2.24) is 4.98 Å². The van der Waals surface area contributed by atoms with Crippen molar-refractivity contribution in [3.05, 3.63) is 51.6 Å². The topological polar surface area (TPSA) is 38.9 Å². The molecular weight excluding hydrogens is 320 g/mol. The van der Waals surface area contributed by atoms with Crippen molar-refractivity contribution in [3.8, 4) is 0 Å². The van der Waals surface area contributed by atoms with Gasteiger partial charge >= 0.3 is 0 Å². The van der Waals surface area contributed by atoms with Crippen molar-refractivity contribution in [3.63, 3.8) is 0 Å². The second kappa shape index (κ2) is 5.76. The summed E-state index contributed by atoms with van der Waals surface area (Å²) in [7, 11) is 0. The minimum absolute atomic E-state index is 0.677. The second-order valence-electron chi connectivity index (χ2n) is 3.43. The lowest BCUT2D eigenvalue weighted by atomic mass is 10.2. The highest BCUT2D eigenvalue weighted by atomic mass is 79.9. The first-order valence-electron chi connectivity index (χ1n) is 4.94. The molecule has 0 spiro atoms. The van der Waals surface area contributed by atoms with E-state index >= 15 is 0 Å². The van der Waals surface area contributed by atoms with E-state index in [4.69, 9.17) is 17.3 Å². The van der Waals surface area contributed by atoms with Crippen molar-refractivity contribution in [2.45, 2.75) is 10.8 Å². The van der Waals surface area contributed by atoms with Crippen LogP contribution in [0.3, 0.4) is 0 Å². The van der Waals surface area contributed by atoms with Crippen LogP contribution < -0.4 is 5.73 Å². The van der Waals surface area contributed by atoms with Gasteiger partial charge in [-0.2, -0.15) is 0 Å². The smallest absolute Gasteiger partial charge is 0.119 e. The maximum atomic E-state index is 6.08. The number of nitrogens with two attached hydrogens (primary N) is 1. The van der Waals surface area contributed by atoms with E-state index in [9.17, 15) is 0 Å². The monoisotopic (exact) mass is 328 g/mol. The number of anilines is 1. The lowest BCUT2D eigenvalue weighted by molar-refractivity contribution is 1.13. The Morgan fingerprint density at radius 3 is 2.82 bits per heavy atom. The van der Waals surface area contributed by atoms with Crippen molar-refractivity contribution in [1.29, 1.82) is 0 Å². The molecule has 0 unspecified atom stereocenters. The van der Waals surface area contributed by atoms with Gasteiger partial charge in [0.25, 0.3) is 0 Å². The van der Waals surface area contributed by atoms with Gasteiger partial charge in [0.2, 0.25) is 0 Å². The van der Waals surface area contributed by atoms with E-state index in [0.717, 1.165) is 25.8 Å². The highest BCUT2D eigenvalue weighted by molar-refractivity contribution is 9.10. The van der Waals surface area contributed by atoms with Crippen LogP contribution in [0, 0.1) is 0 Å². The fraction of sp³-hybridized carbons (Fsp3) is 0.0833. The van der Waals surface area contributed by atoms with Crippen LogP contribution in [0.1, 0.15) is 5.56 Å². The Bertz CT molecular complexity index is 534. The molecular formula is C12H10BrClN2S. The quantitative estimate of drug-likeness (QED) is 0.850. The Hall–Kier alpha value is -0.710. The number of aromatic nitrogens is 1. The molecule has 1 heterocycles. The molecule has 1 aromatic carbocycles. The number of hydrogen-bond donors (Lipinski definition) is 1. The number of nitrogens with zero attached hydrogens (tertiary/aromatic N) is 1. The van der Waals surface area contributed by atoms with Crippen LogP contribution in [0.5, 0.6) is 0 Å². The number of benzene rings is 1. The number of pyridine rings is 1. The van der Waals surface area contributed by atoms with E-state index in [0.29, 0.717) is 5.69 Å². The fourth-order valence-electron chi connectivity index (χ4n) is 1.32. The predicted octanol–water partition coefficient (Wildman–Crippen LogP) is 4.37. The summed E-state index contributed by atoms with van der Waals surface area (Å²) in [6, 6.07) is 9.63. The first kappa shape index (κ1) is 12.7. The molecule has 2 N–H and O–H groups in total. The Kier molecular flexibility index (Phi) is 4.31. The first-order chi connectivity index (χ1) is 8.16. The standard InChI is InChI=1S/C12H10BrClN2S/c13-9-5-11(15)12(16-6-9)17-7-8-3-1-2-4-10(8)14/h1-6H,7,15H2. The minimum atomic E-state index is 0.677. The van der Waals surface area contributed by atoms with Crippen LogP contribution in [0.4, 0.5) is 5.69 Å². The maximum absolute atomic E-state index is 6.08. The zero-order valence-corrected chi connectivity index (χ0v) is 12.0. The van der Waals surface area contributed by atoms with E-state index in [-0.39, 0.29) is 0 Å². The molecule has 2 aromatic rings. The molecule has 17 heavy (non-hydrogen) atoms. The average Bonchev–Trinajstić information content (AvgIpc) is 2.30. The molecule has 2 nitrogen and oxygen atoms in total. The van der Waals surface area contributed by atoms with Gasteiger partial charge < -0.3 is 5.73 Å². The average molecular weight is 330 g/mol. The van der Waals surface area contributed by atoms with Gasteiger partial charge in [-0.05, 0) is 33.6 Å². The predicted molar refractivity (Wildman–Crippen MR) is 77.4 cm³/mol. The lowest BCUT2D eigenvalue weighted by Gasteiger charge is -2.06. The number of thioether (sulfide) groups is 1. The minimum Gasteiger partial charge on any atom is -0.397 e. The second-order valence-corrected chi connectivity index (χ2v) is 5.71. The van der Waals surface area contributed by atoms with E-state index in [1.165, 1.54) is 0 Å². The van der Waals surface area contributed by atoms with Crippen molar-refractivity contribution in [2.24, 2.45) is 0 Å². The van der Waals surface area contributed by atoms with Gasteiger partial charge in [0.1, 0.15) is 5.03 Å². The van der Waals surface area contributed by atoms with Crippen LogP contribution in [0.15, 0.2) is 46.0 Å². The third-order valence-electron chi connectivity index (χ3n) is 2.17. The highest BCUT2D eigenvalue weighted by Crippen LogP contribution is 2.29. The molecule has 88 valence electrons. The maximum Gasteiger partial charge on any atom is 0.119 e. The normalized spacial score (nSPS) is 10.5. The van der Waals surface area contributed by atoms with E-state index in [1.807, 2.05) is 30.3 Å².